The Balaban J connectivity index is 2.07. The molecule has 2 aromatic rings. The van der Waals surface area contributed by atoms with Crippen LogP contribution in [0.3, 0.4) is 0 Å². The summed E-state index contributed by atoms with van der Waals surface area (Å²) in [6.45, 7) is 4.78. The lowest BCUT2D eigenvalue weighted by Gasteiger charge is -2.10. The van der Waals surface area contributed by atoms with E-state index in [0.29, 0.717) is 27.8 Å². The molecule has 1 atom stereocenters. The van der Waals surface area contributed by atoms with E-state index in [1.807, 2.05) is 16.9 Å². The topological polar surface area (TPSA) is 29.9 Å². The molecule has 0 aliphatic rings. The largest absolute Gasteiger partial charge is 0.377 e. The second kappa shape index (κ2) is 6.59. The molecule has 1 unspecified atom stereocenters. The molecule has 20 heavy (non-hydrogen) atoms. The van der Waals surface area contributed by atoms with Gasteiger partial charge in [-0.05, 0) is 47.5 Å². The van der Waals surface area contributed by atoms with Crippen LogP contribution in [0.5, 0.6) is 0 Å². The highest BCUT2D eigenvalue weighted by molar-refractivity contribution is 9.10. The number of nitrogens with zero attached hydrogens (tertiary/aromatic N) is 2. The van der Waals surface area contributed by atoms with Gasteiger partial charge in [0.25, 0.3) is 0 Å². The van der Waals surface area contributed by atoms with Gasteiger partial charge in [-0.1, -0.05) is 18.5 Å². The SMILES string of the molecule is CCC(C)n1ccc(CNc2c(Cl)cc(F)cc2Br)n1. The van der Waals surface area contributed by atoms with Crippen molar-refractivity contribution in [3.8, 4) is 0 Å². The van der Waals surface area contributed by atoms with Gasteiger partial charge in [0.15, 0.2) is 0 Å². The van der Waals surface area contributed by atoms with Crippen molar-refractivity contribution in [2.75, 3.05) is 5.32 Å². The highest BCUT2D eigenvalue weighted by Gasteiger charge is 2.09. The van der Waals surface area contributed by atoms with Gasteiger partial charge >= 0.3 is 0 Å². The maximum atomic E-state index is 13.1. The number of anilines is 1. The number of hydrogen-bond acceptors (Lipinski definition) is 2. The number of halogens is 3. The maximum Gasteiger partial charge on any atom is 0.125 e. The Morgan fingerprint density at radius 2 is 2.25 bits per heavy atom. The predicted molar refractivity (Wildman–Crippen MR) is 83.7 cm³/mol. The Hall–Kier alpha value is -1.07. The molecule has 0 fully saturated rings. The predicted octanol–water partition coefficient (Wildman–Crippen LogP) is 5.02. The molecule has 2 rings (SSSR count). The molecule has 0 aliphatic carbocycles. The summed E-state index contributed by atoms with van der Waals surface area (Å²) >= 11 is 9.32. The summed E-state index contributed by atoms with van der Waals surface area (Å²) in [5, 5.41) is 8.01. The van der Waals surface area contributed by atoms with Gasteiger partial charge in [-0.25, -0.2) is 4.39 Å². The Kier molecular flexibility index (Phi) is 5.05. The standard InChI is InChI=1S/C14H16BrClFN3/c1-3-9(2)20-5-4-11(19-20)8-18-14-12(15)6-10(17)7-13(14)16/h4-7,9,18H,3,8H2,1-2H3. The molecular weight excluding hydrogens is 345 g/mol. The Morgan fingerprint density at radius 3 is 2.90 bits per heavy atom. The van der Waals surface area contributed by atoms with Crippen LogP contribution < -0.4 is 5.32 Å². The molecule has 1 N–H and O–H groups in total. The fourth-order valence-electron chi connectivity index (χ4n) is 1.79. The second-order valence-corrected chi connectivity index (χ2v) is 5.90. The van der Waals surface area contributed by atoms with E-state index >= 15 is 0 Å². The molecule has 0 radical (unpaired) electrons. The van der Waals surface area contributed by atoms with Gasteiger partial charge in [0.1, 0.15) is 5.82 Å². The first-order valence-electron chi connectivity index (χ1n) is 6.43. The minimum atomic E-state index is -0.367. The van der Waals surface area contributed by atoms with E-state index in [0.717, 1.165) is 12.1 Å². The number of benzene rings is 1. The molecule has 0 bridgehead atoms. The number of hydrogen-bond donors (Lipinski definition) is 1. The fourth-order valence-corrected chi connectivity index (χ4v) is 2.75. The lowest BCUT2D eigenvalue weighted by molar-refractivity contribution is 0.474. The van der Waals surface area contributed by atoms with Crippen molar-refractivity contribution in [1.82, 2.24) is 9.78 Å². The van der Waals surface area contributed by atoms with E-state index in [-0.39, 0.29) is 5.82 Å². The molecule has 0 saturated carbocycles. The summed E-state index contributed by atoms with van der Waals surface area (Å²) in [6.07, 6.45) is 3.00. The van der Waals surface area contributed by atoms with Crippen LogP contribution in [0.4, 0.5) is 10.1 Å². The molecule has 6 heteroatoms. The molecule has 0 spiro atoms. The molecular formula is C14H16BrClFN3. The van der Waals surface area contributed by atoms with Gasteiger partial charge in [0.05, 0.1) is 22.9 Å². The Bertz CT molecular complexity index is 577. The van der Waals surface area contributed by atoms with Crippen molar-refractivity contribution >= 4 is 33.2 Å². The number of aromatic nitrogens is 2. The lowest BCUT2D eigenvalue weighted by Crippen LogP contribution is -2.07. The summed E-state index contributed by atoms with van der Waals surface area (Å²) in [5.41, 5.74) is 1.59. The van der Waals surface area contributed by atoms with Crippen molar-refractivity contribution in [1.29, 1.82) is 0 Å². The minimum Gasteiger partial charge on any atom is -0.377 e. The third kappa shape index (κ3) is 3.52. The first-order chi connectivity index (χ1) is 9.51. The monoisotopic (exact) mass is 359 g/mol. The van der Waals surface area contributed by atoms with Crippen LogP contribution in [0.1, 0.15) is 32.0 Å². The van der Waals surface area contributed by atoms with Crippen LogP contribution in [-0.4, -0.2) is 9.78 Å². The zero-order chi connectivity index (χ0) is 14.7. The zero-order valence-electron chi connectivity index (χ0n) is 11.3. The number of nitrogens with one attached hydrogen (secondary N) is 1. The first kappa shape index (κ1) is 15.3. The molecule has 108 valence electrons. The summed E-state index contributed by atoms with van der Waals surface area (Å²) in [5.74, 6) is -0.367. The second-order valence-electron chi connectivity index (χ2n) is 4.64. The Morgan fingerprint density at radius 1 is 1.50 bits per heavy atom. The van der Waals surface area contributed by atoms with Crippen LogP contribution in [-0.2, 0) is 6.54 Å². The quantitative estimate of drug-likeness (QED) is 0.811. The van der Waals surface area contributed by atoms with Gasteiger partial charge in [-0.3, -0.25) is 4.68 Å². The van der Waals surface area contributed by atoms with Gasteiger partial charge in [0, 0.05) is 16.7 Å². The van der Waals surface area contributed by atoms with Crippen molar-refractivity contribution in [2.45, 2.75) is 32.9 Å². The van der Waals surface area contributed by atoms with E-state index in [4.69, 9.17) is 11.6 Å². The zero-order valence-corrected chi connectivity index (χ0v) is 13.7. The van der Waals surface area contributed by atoms with E-state index < -0.39 is 0 Å². The molecule has 1 heterocycles. The number of rotatable bonds is 5. The third-order valence-corrected chi connectivity index (χ3v) is 4.08. The summed E-state index contributed by atoms with van der Waals surface area (Å²) < 4.78 is 15.7. The van der Waals surface area contributed by atoms with E-state index in [1.54, 1.807) is 0 Å². The minimum absolute atomic E-state index is 0.346. The summed E-state index contributed by atoms with van der Waals surface area (Å²) in [7, 11) is 0. The van der Waals surface area contributed by atoms with Crippen molar-refractivity contribution in [2.24, 2.45) is 0 Å². The normalized spacial score (nSPS) is 12.4. The van der Waals surface area contributed by atoms with Crippen LogP contribution >= 0.6 is 27.5 Å². The van der Waals surface area contributed by atoms with Gasteiger partial charge in [-0.15, -0.1) is 0 Å². The van der Waals surface area contributed by atoms with Gasteiger partial charge in [0.2, 0.25) is 0 Å². The average molecular weight is 361 g/mol. The summed E-state index contributed by atoms with van der Waals surface area (Å²) in [6, 6.07) is 5.01. The van der Waals surface area contributed by atoms with Crippen molar-refractivity contribution in [3.63, 3.8) is 0 Å². The van der Waals surface area contributed by atoms with E-state index in [9.17, 15) is 4.39 Å². The first-order valence-corrected chi connectivity index (χ1v) is 7.60. The molecule has 0 amide bonds. The lowest BCUT2D eigenvalue weighted by atomic mass is 10.3. The van der Waals surface area contributed by atoms with Crippen LogP contribution in [0.25, 0.3) is 0 Å². The van der Waals surface area contributed by atoms with Crippen LogP contribution in [0, 0.1) is 5.82 Å². The summed E-state index contributed by atoms with van der Waals surface area (Å²) in [4.78, 5) is 0. The molecule has 1 aromatic heterocycles. The highest BCUT2D eigenvalue weighted by atomic mass is 79.9. The molecule has 0 saturated heterocycles. The van der Waals surface area contributed by atoms with E-state index in [2.05, 4.69) is 40.2 Å². The maximum absolute atomic E-state index is 13.1. The van der Waals surface area contributed by atoms with Crippen molar-refractivity contribution in [3.05, 3.63) is 45.4 Å². The highest BCUT2D eigenvalue weighted by Crippen LogP contribution is 2.31. The van der Waals surface area contributed by atoms with Crippen LogP contribution in [0.2, 0.25) is 5.02 Å². The Labute approximate surface area is 131 Å². The smallest absolute Gasteiger partial charge is 0.125 e. The van der Waals surface area contributed by atoms with E-state index in [1.165, 1.54) is 12.1 Å². The van der Waals surface area contributed by atoms with Crippen LogP contribution in [0.15, 0.2) is 28.9 Å². The average Bonchev–Trinajstić information content (AvgIpc) is 2.85. The third-order valence-electron chi connectivity index (χ3n) is 3.16. The van der Waals surface area contributed by atoms with Gasteiger partial charge in [-0.2, -0.15) is 5.10 Å². The fraction of sp³-hybridized carbons (Fsp3) is 0.357. The van der Waals surface area contributed by atoms with Gasteiger partial charge < -0.3 is 5.32 Å². The van der Waals surface area contributed by atoms with Crippen molar-refractivity contribution < 1.29 is 4.39 Å². The molecule has 3 nitrogen and oxygen atoms in total. The molecule has 1 aromatic carbocycles. The molecule has 0 aliphatic heterocycles.